The molecule has 1 aliphatic rings. The Morgan fingerprint density at radius 2 is 2.17 bits per heavy atom. The van der Waals surface area contributed by atoms with Crippen LogP contribution >= 0.6 is 11.6 Å². The Morgan fingerprint density at radius 3 is 2.83 bits per heavy atom. The smallest absolute Gasteiger partial charge is 0.318 e. The lowest BCUT2D eigenvalue weighted by Crippen LogP contribution is -2.46. The minimum Gasteiger partial charge on any atom is -0.394 e. The van der Waals surface area contributed by atoms with Gasteiger partial charge in [0.15, 0.2) is 0 Å². The molecule has 1 aliphatic heterocycles. The van der Waals surface area contributed by atoms with Crippen LogP contribution in [0.2, 0.25) is 5.02 Å². The van der Waals surface area contributed by atoms with E-state index in [2.05, 4.69) is 20.6 Å². The third-order valence-electron chi connectivity index (χ3n) is 4.95. The quantitative estimate of drug-likeness (QED) is 0.551. The number of halogens is 2. The number of nitrogens with one attached hydrogen (secondary N) is 2. The molecule has 0 radical (unpaired) electrons. The molecule has 3 rings (SSSR count). The van der Waals surface area contributed by atoms with Gasteiger partial charge >= 0.3 is 6.03 Å². The summed E-state index contributed by atoms with van der Waals surface area (Å²) in [5.74, 6) is -0.177. The van der Waals surface area contributed by atoms with Gasteiger partial charge in [-0.2, -0.15) is 0 Å². The van der Waals surface area contributed by atoms with Crippen molar-refractivity contribution in [3.63, 3.8) is 0 Å². The van der Waals surface area contributed by atoms with Gasteiger partial charge in [0.25, 0.3) is 0 Å². The molecule has 1 aromatic heterocycles. The number of aromatic nitrogens is 2. The van der Waals surface area contributed by atoms with Crippen molar-refractivity contribution in [1.29, 1.82) is 0 Å². The number of fused-ring (bicyclic) bond motifs is 1. The molecule has 4 N–H and O–H groups in total. The molecule has 30 heavy (non-hydrogen) atoms. The molecule has 10 heteroatoms. The number of carbonyl (C=O) groups excluding carboxylic acids is 1. The maximum atomic E-state index is 13.5. The fourth-order valence-corrected chi connectivity index (χ4v) is 3.41. The van der Waals surface area contributed by atoms with Gasteiger partial charge in [-0.25, -0.2) is 19.2 Å². The van der Waals surface area contributed by atoms with Gasteiger partial charge in [-0.3, -0.25) is 0 Å². The van der Waals surface area contributed by atoms with Crippen molar-refractivity contribution in [3.8, 4) is 0 Å². The van der Waals surface area contributed by atoms with E-state index in [0.717, 1.165) is 11.3 Å². The molecule has 2 amide bonds. The van der Waals surface area contributed by atoms with Gasteiger partial charge < -0.3 is 25.7 Å². The standard InChI is InChI=1S/C20H25ClFN5O3/c1-11(10-28)24-19-23-8-14-5-6-27(9-17(14)25-19)20(30)26-18(12(2)29)13-3-4-16(22)15(21)7-13/h3-4,7-8,11-12,18,28-29H,5-6,9-10H2,1-2H3,(H,26,30)(H,23,24,25)/t11-,12-,18+/m0/s1. The molecule has 0 saturated carbocycles. The van der Waals surface area contributed by atoms with Gasteiger partial charge in [0.2, 0.25) is 5.95 Å². The maximum absolute atomic E-state index is 13.5. The van der Waals surface area contributed by atoms with Gasteiger partial charge in [-0.1, -0.05) is 17.7 Å². The number of amides is 2. The normalized spacial score (nSPS) is 16.4. The molecular formula is C20H25ClFN5O3. The molecule has 0 spiro atoms. The van der Waals surface area contributed by atoms with Crippen molar-refractivity contribution in [1.82, 2.24) is 20.2 Å². The second kappa shape index (κ2) is 9.55. The van der Waals surface area contributed by atoms with E-state index in [1.165, 1.54) is 18.2 Å². The summed E-state index contributed by atoms with van der Waals surface area (Å²) in [4.78, 5) is 23.2. The molecule has 0 fully saturated rings. The summed E-state index contributed by atoms with van der Waals surface area (Å²) >= 11 is 5.85. The zero-order valence-corrected chi connectivity index (χ0v) is 17.5. The molecule has 1 aromatic carbocycles. The maximum Gasteiger partial charge on any atom is 0.318 e. The lowest BCUT2D eigenvalue weighted by molar-refractivity contribution is 0.134. The number of rotatable bonds is 6. The number of aliphatic hydroxyl groups excluding tert-OH is 2. The number of carbonyl (C=O) groups is 1. The van der Waals surface area contributed by atoms with E-state index in [-0.39, 0.29) is 30.2 Å². The molecule has 2 heterocycles. The first-order valence-electron chi connectivity index (χ1n) is 9.69. The molecule has 0 unspecified atom stereocenters. The van der Waals surface area contributed by atoms with E-state index in [1.54, 1.807) is 24.9 Å². The van der Waals surface area contributed by atoms with Crippen LogP contribution in [0.25, 0.3) is 0 Å². The fraction of sp³-hybridized carbons (Fsp3) is 0.450. The van der Waals surface area contributed by atoms with E-state index >= 15 is 0 Å². The van der Waals surface area contributed by atoms with Crippen LogP contribution in [-0.2, 0) is 13.0 Å². The fourth-order valence-electron chi connectivity index (χ4n) is 3.22. The van der Waals surface area contributed by atoms with E-state index in [1.807, 2.05) is 0 Å². The highest BCUT2D eigenvalue weighted by molar-refractivity contribution is 6.30. The van der Waals surface area contributed by atoms with Gasteiger partial charge in [-0.05, 0) is 43.5 Å². The van der Waals surface area contributed by atoms with Crippen LogP contribution in [-0.4, -0.2) is 56.4 Å². The second-order valence-electron chi connectivity index (χ2n) is 7.41. The number of nitrogens with zero attached hydrogens (tertiary/aromatic N) is 3. The zero-order valence-electron chi connectivity index (χ0n) is 16.8. The van der Waals surface area contributed by atoms with Crippen LogP contribution in [0.1, 0.15) is 36.7 Å². The van der Waals surface area contributed by atoms with Gasteiger partial charge in [0.1, 0.15) is 5.82 Å². The first-order chi connectivity index (χ1) is 14.3. The highest BCUT2D eigenvalue weighted by Gasteiger charge is 2.27. The number of benzene rings is 1. The molecular weight excluding hydrogens is 413 g/mol. The highest BCUT2D eigenvalue weighted by Crippen LogP contribution is 2.24. The molecule has 8 nitrogen and oxygen atoms in total. The SMILES string of the molecule is C[C@H](O)[C@@H](NC(=O)N1CCc2cnc(N[C@@H](C)CO)nc2C1)c1ccc(F)c(Cl)c1. The minimum atomic E-state index is -0.911. The van der Waals surface area contributed by atoms with Crippen molar-refractivity contribution in [3.05, 3.63) is 52.1 Å². The minimum absolute atomic E-state index is 0.0525. The Kier molecular flexibility index (Phi) is 7.06. The number of urea groups is 1. The first-order valence-corrected chi connectivity index (χ1v) is 10.1. The van der Waals surface area contributed by atoms with Crippen molar-refractivity contribution in [2.75, 3.05) is 18.5 Å². The summed E-state index contributed by atoms with van der Waals surface area (Å²) in [6.07, 6.45) is 1.41. The predicted octanol–water partition coefficient (Wildman–Crippen LogP) is 2.25. The Hall–Kier alpha value is -2.49. The van der Waals surface area contributed by atoms with Gasteiger partial charge in [-0.15, -0.1) is 0 Å². The van der Waals surface area contributed by atoms with Crippen LogP contribution in [0.15, 0.2) is 24.4 Å². The van der Waals surface area contributed by atoms with Crippen molar-refractivity contribution >= 4 is 23.6 Å². The highest BCUT2D eigenvalue weighted by atomic mass is 35.5. The van der Waals surface area contributed by atoms with E-state index in [9.17, 15) is 19.4 Å². The third-order valence-corrected chi connectivity index (χ3v) is 5.24. The van der Waals surface area contributed by atoms with Gasteiger partial charge in [0.05, 0.1) is 36.0 Å². The molecule has 3 atom stereocenters. The Bertz CT molecular complexity index is 914. The molecule has 2 aromatic rings. The predicted molar refractivity (Wildman–Crippen MR) is 111 cm³/mol. The first kappa shape index (κ1) is 22.2. The molecule has 0 bridgehead atoms. The van der Waals surface area contributed by atoms with Crippen LogP contribution in [0.5, 0.6) is 0 Å². The number of aliphatic hydroxyl groups is 2. The largest absolute Gasteiger partial charge is 0.394 e. The topological polar surface area (TPSA) is 111 Å². The van der Waals surface area contributed by atoms with E-state index < -0.39 is 18.0 Å². The number of hydrogen-bond donors (Lipinski definition) is 4. The third kappa shape index (κ3) is 5.16. The second-order valence-corrected chi connectivity index (χ2v) is 7.81. The van der Waals surface area contributed by atoms with Crippen molar-refractivity contribution in [2.45, 2.75) is 45.0 Å². The van der Waals surface area contributed by atoms with E-state index in [0.29, 0.717) is 24.5 Å². The number of hydrogen-bond acceptors (Lipinski definition) is 6. The lowest BCUT2D eigenvalue weighted by Gasteiger charge is -2.31. The molecule has 0 saturated heterocycles. The molecule has 162 valence electrons. The lowest BCUT2D eigenvalue weighted by atomic mass is 10.0. The van der Waals surface area contributed by atoms with Gasteiger partial charge in [0, 0.05) is 18.8 Å². The monoisotopic (exact) mass is 437 g/mol. The summed E-state index contributed by atoms with van der Waals surface area (Å²) in [5, 5.41) is 25.1. The van der Waals surface area contributed by atoms with Crippen molar-refractivity contribution < 1.29 is 19.4 Å². The summed E-state index contributed by atoms with van der Waals surface area (Å²) in [5.41, 5.74) is 2.19. The van der Waals surface area contributed by atoms with E-state index in [4.69, 9.17) is 11.6 Å². The summed E-state index contributed by atoms with van der Waals surface area (Å²) < 4.78 is 13.5. The van der Waals surface area contributed by atoms with Crippen LogP contribution in [0, 0.1) is 5.82 Å². The van der Waals surface area contributed by atoms with Crippen LogP contribution in [0.3, 0.4) is 0 Å². The van der Waals surface area contributed by atoms with Crippen LogP contribution < -0.4 is 10.6 Å². The Morgan fingerprint density at radius 1 is 1.40 bits per heavy atom. The Balaban J connectivity index is 1.72. The van der Waals surface area contributed by atoms with Crippen LogP contribution in [0.4, 0.5) is 15.1 Å². The number of anilines is 1. The molecule has 0 aliphatic carbocycles. The Labute approximate surface area is 179 Å². The average molecular weight is 438 g/mol. The summed E-state index contributed by atoms with van der Waals surface area (Å²) in [6.45, 7) is 4.05. The van der Waals surface area contributed by atoms with Crippen molar-refractivity contribution in [2.24, 2.45) is 0 Å². The summed E-state index contributed by atoms with van der Waals surface area (Å²) in [6, 6.07) is 2.77. The average Bonchev–Trinajstić information content (AvgIpc) is 2.73. The summed E-state index contributed by atoms with van der Waals surface area (Å²) in [7, 11) is 0. The zero-order chi connectivity index (χ0) is 21.8.